The molecule has 6 nitrogen and oxygen atoms in total. The number of amides is 1. The van der Waals surface area contributed by atoms with Gasteiger partial charge in [-0.3, -0.25) is 4.79 Å². The smallest absolute Gasteiger partial charge is 0.251 e. The van der Waals surface area contributed by atoms with E-state index in [0.29, 0.717) is 12.1 Å². The second-order valence-corrected chi connectivity index (χ2v) is 8.08. The van der Waals surface area contributed by atoms with Crippen LogP contribution in [0.5, 0.6) is 0 Å². The Morgan fingerprint density at radius 3 is 2.58 bits per heavy atom. The highest BCUT2D eigenvalue weighted by atomic mass is 32.2. The van der Waals surface area contributed by atoms with Crippen LogP contribution in [0.4, 0.5) is 0 Å². The van der Waals surface area contributed by atoms with Gasteiger partial charge < -0.3 is 10.2 Å². The van der Waals surface area contributed by atoms with Crippen LogP contribution in [-0.2, 0) is 10.0 Å². The molecule has 24 heavy (non-hydrogen) atoms. The summed E-state index contributed by atoms with van der Waals surface area (Å²) in [5.74, 6) is -0.223. The second kappa shape index (κ2) is 8.60. The monoisotopic (exact) mass is 353 g/mol. The molecule has 1 aliphatic heterocycles. The molecular formula is C17H27N3O3S. The molecule has 2 N–H and O–H groups in total. The fraction of sp³-hybridized carbons (Fsp3) is 0.588. The van der Waals surface area contributed by atoms with Gasteiger partial charge in [-0.05, 0) is 70.6 Å². The molecule has 0 aliphatic carbocycles. The van der Waals surface area contributed by atoms with E-state index in [4.69, 9.17) is 0 Å². The van der Waals surface area contributed by atoms with Crippen molar-refractivity contribution >= 4 is 15.9 Å². The molecular weight excluding hydrogens is 326 g/mol. The van der Waals surface area contributed by atoms with Crippen LogP contribution in [-0.4, -0.2) is 52.5 Å². The van der Waals surface area contributed by atoms with E-state index in [0.717, 1.165) is 31.6 Å². The van der Waals surface area contributed by atoms with Crippen LogP contribution < -0.4 is 10.0 Å². The van der Waals surface area contributed by atoms with Crippen LogP contribution in [0.3, 0.4) is 0 Å². The van der Waals surface area contributed by atoms with Gasteiger partial charge in [-0.25, -0.2) is 13.1 Å². The molecule has 134 valence electrons. The Bertz CT molecular complexity index is 668. The van der Waals surface area contributed by atoms with Gasteiger partial charge in [-0.15, -0.1) is 0 Å². The van der Waals surface area contributed by atoms with Crippen molar-refractivity contribution in [2.24, 2.45) is 0 Å². The molecule has 0 aromatic heterocycles. The molecule has 0 saturated carbocycles. The van der Waals surface area contributed by atoms with Gasteiger partial charge in [0.05, 0.1) is 4.90 Å². The summed E-state index contributed by atoms with van der Waals surface area (Å²) in [7, 11) is -2.19. The predicted molar refractivity (Wildman–Crippen MR) is 94.7 cm³/mol. The molecule has 1 aliphatic rings. The lowest BCUT2D eigenvalue weighted by molar-refractivity contribution is 0.0950. The van der Waals surface area contributed by atoms with Gasteiger partial charge >= 0.3 is 0 Å². The highest BCUT2D eigenvalue weighted by Crippen LogP contribution is 2.15. The third kappa shape index (κ3) is 5.03. The predicted octanol–water partition coefficient (Wildman–Crippen LogP) is 1.51. The highest BCUT2D eigenvalue weighted by molar-refractivity contribution is 7.89. The first-order valence-corrected chi connectivity index (χ1v) is 9.97. The second-order valence-electron chi connectivity index (χ2n) is 6.20. The van der Waals surface area contributed by atoms with Crippen molar-refractivity contribution in [3.05, 3.63) is 29.3 Å². The van der Waals surface area contributed by atoms with Crippen molar-refractivity contribution in [1.29, 1.82) is 0 Å². The lowest BCUT2D eigenvalue weighted by atomic mass is 10.1. The average Bonchev–Trinajstić information content (AvgIpc) is 2.59. The van der Waals surface area contributed by atoms with E-state index >= 15 is 0 Å². The zero-order valence-electron chi connectivity index (χ0n) is 14.5. The Hall–Kier alpha value is -1.44. The maximum absolute atomic E-state index is 12.3. The van der Waals surface area contributed by atoms with Crippen molar-refractivity contribution in [2.75, 3.05) is 33.2 Å². The Balaban J connectivity index is 1.90. The Morgan fingerprint density at radius 2 is 1.92 bits per heavy atom. The molecule has 1 aromatic carbocycles. The molecule has 1 amide bonds. The molecule has 1 aromatic rings. The number of nitrogens with zero attached hydrogens (tertiary/aromatic N) is 1. The van der Waals surface area contributed by atoms with Crippen LogP contribution >= 0.6 is 0 Å². The third-order valence-corrected chi connectivity index (χ3v) is 5.83. The van der Waals surface area contributed by atoms with E-state index < -0.39 is 10.0 Å². The van der Waals surface area contributed by atoms with Gasteiger partial charge in [0.2, 0.25) is 10.0 Å². The largest absolute Gasteiger partial charge is 0.352 e. The fourth-order valence-corrected chi connectivity index (χ4v) is 3.67. The van der Waals surface area contributed by atoms with E-state index in [1.165, 1.54) is 38.4 Å². The Labute approximate surface area is 144 Å². The quantitative estimate of drug-likeness (QED) is 0.729. The normalized spacial score (nSPS) is 16.1. The van der Waals surface area contributed by atoms with E-state index in [1.807, 2.05) is 0 Å². The number of hydrogen-bond donors (Lipinski definition) is 2. The molecule has 1 heterocycles. The van der Waals surface area contributed by atoms with Crippen molar-refractivity contribution in [3.8, 4) is 0 Å². The van der Waals surface area contributed by atoms with Gasteiger partial charge in [-0.1, -0.05) is 12.5 Å². The van der Waals surface area contributed by atoms with E-state index in [-0.39, 0.29) is 10.8 Å². The zero-order chi connectivity index (χ0) is 17.6. The highest BCUT2D eigenvalue weighted by Gasteiger charge is 2.16. The summed E-state index contributed by atoms with van der Waals surface area (Å²) in [4.78, 5) is 14.9. The van der Waals surface area contributed by atoms with Crippen LogP contribution in [0.1, 0.15) is 41.6 Å². The van der Waals surface area contributed by atoms with Crippen LogP contribution in [0.2, 0.25) is 0 Å². The van der Waals surface area contributed by atoms with E-state index in [1.54, 1.807) is 13.0 Å². The molecule has 0 radical (unpaired) electrons. The van der Waals surface area contributed by atoms with Gasteiger partial charge in [0.25, 0.3) is 5.91 Å². The lowest BCUT2D eigenvalue weighted by Crippen LogP contribution is -2.33. The summed E-state index contributed by atoms with van der Waals surface area (Å²) in [6.45, 7) is 5.69. The zero-order valence-corrected chi connectivity index (χ0v) is 15.3. The number of benzene rings is 1. The van der Waals surface area contributed by atoms with Gasteiger partial charge in [0.15, 0.2) is 0 Å². The number of sulfonamides is 1. The molecule has 1 fully saturated rings. The van der Waals surface area contributed by atoms with Crippen molar-refractivity contribution in [1.82, 2.24) is 14.9 Å². The van der Waals surface area contributed by atoms with Gasteiger partial charge in [0, 0.05) is 12.1 Å². The van der Waals surface area contributed by atoms with E-state index in [2.05, 4.69) is 14.9 Å². The number of carbonyl (C=O) groups is 1. The number of nitrogens with one attached hydrogen (secondary N) is 2. The molecule has 0 unspecified atom stereocenters. The maximum Gasteiger partial charge on any atom is 0.251 e. The number of piperidine rings is 1. The topological polar surface area (TPSA) is 78.5 Å². The number of carbonyl (C=O) groups excluding carboxylic acids is 1. The van der Waals surface area contributed by atoms with Crippen molar-refractivity contribution in [3.63, 3.8) is 0 Å². The summed E-state index contributed by atoms with van der Waals surface area (Å²) in [6, 6.07) is 4.60. The van der Waals surface area contributed by atoms with Gasteiger partial charge in [0.1, 0.15) is 0 Å². The summed E-state index contributed by atoms with van der Waals surface area (Å²) < 4.78 is 26.0. The number of aryl methyl sites for hydroxylation is 1. The maximum atomic E-state index is 12.3. The fourth-order valence-electron chi connectivity index (χ4n) is 2.91. The summed E-state index contributed by atoms with van der Waals surface area (Å²) >= 11 is 0. The minimum atomic E-state index is -3.55. The molecule has 0 atom stereocenters. The first-order chi connectivity index (χ1) is 11.4. The minimum absolute atomic E-state index is 0.106. The molecule has 7 heteroatoms. The number of likely N-dealkylation sites (tertiary alicyclic amines) is 1. The van der Waals surface area contributed by atoms with Crippen molar-refractivity contribution < 1.29 is 13.2 Å². The van der Waals surface area contributed by atoms with Crippen molar-refractivity contribution in [2.45, 2.75) is 37.5 Å². The standard InChI is InChI=1S/C17H27N3O3S/c1-14-7-8-15(24(22,23)18-2)13-16(14)17(21)19-9-6-12-20-10-4-3-5-11-20/h7-8,13,18H,3-6,9-12H2,1-2H3,(H,19,21). The molecule has 1 saturated heterocycles. The number of hydrogen-bond acceptors (Lipinski definition) is 4. The Kier molecular flexibility index (Phi) is 6.77. The lowest BCUT2D eigenvalue weighted by Gasteiger charge is -2.26. The summed E-state index contributed by atoms with van der Waals surface area (Å²) in [5.41, 5.74) is 1.17. The van der Waals surface area contributed by atoms with Crippen LogP contribution in [0, 0.1) is 6.92 Å². The summed E-state index contributed by atoms with van der Waals surface area (Å²) in [6.07, 6.45) is 4.74. The molecule has 0 spiro atoms. The molecule has 0 bridgehead atoms. The Morgan fingerprint density at radius 1 is 1.21 bits per heavy atom. The SMILES string of the molecule is CNS(=O)(=O)c1ccc(C)c(C(=O)NCCCN2CCCCC2)c1. The molecule has 2 rings (SSSR count). The van der Waals surface area contributed by atoms with Gasteiger partial charge in [-0.2, -0.15) is 0 Å². The summed E-state index contributed by atoms with van der Waals surface area (Å²) in [5, 5.41) is 2.90. The first-order valence-electron chi connectivity index (χ1n) is 8.49. The minimum Gasteiger partial charge on any atom is -0.352 e. The number of rotatable bonds is 7. The third-order valence-electron chi connectivity index (χ3n) is 4.42. The first kappa shape index (κ1) is 18.9. The van der Waals surface area contributed by atoms with Crippen LogP contribution in [0.25, 0.3) is 0 Å². The van der Waals surface area contributed by atoms with E-state index in [9.17, 15) is 13.2 Å². The van der Waals surface area contributed by atoms with Crippen LogP contribution in [0.15, 0.2) is 23.1 Å². The average molecular weight is 353 g/mol.